The van der Waals surface area contributed by atoms with Crippen molar-refractivity contribution in [3.05, 3.63) is 50.5 Å². The first-order valence-electron chi connectivity index (χ1n) is 6.00. The van der Waals surface area contributed by atoms with E-state index >= 15 is 0 Å². The summed E-state index contributed by atoms with van der Waals surface area (Å²) in [5.41, 5.74) is 0.545. The zero-order valence-corrected chi connectivity index (χ0v) is 11.6. The average molecular weight is 288 g/mol. The minimum Gasteiger partial charge on any atom is -0.376 e. The summed E-state index contributed by atoms with van der Waals surface area (Å²) >= 11 is 1.55. The molecule has 0 radical (unpaired) electrons. The number of aromatic nitrogens is 1. The number of nitrogens with zero attached hydrogens (tertiary/aromatic N) is 3. The average Bonchev–Trinajstić information content (AvgIpc) is 2.98. The summed E-state index contributed by atoms with van der Waals surface area (Å²) in [6.45, 7) is 2.02. The van der Waals surface area contributed by atoms with Gasteiger partial charge in [0, 0.05) is 23.3 Å². The van der Waals surface area contributed by atoms with Crippen molar-refractivity contribution in [3.8, 4) is 6.07 Å². The Bertz CT molecular complexity index is 649. The Hall–Kier alpha value is -2.46. The lowest BCUT2D eigenvalue weighted by Gasteiger charge is -2.15. The minimum absolute atomic E-state index is 0.0306. The first kappa shape index (κ1) is 14.0. The monoisotopic (exact) mass is 288 g/mol. The molecule has 0 aliphatic rings. The lowest BCUT2D eigenvalue weighted by Crippen LogP contribution is -2.09. The highest BCUT2D eigenvalue weighted by molar-refractivity contribution is 7.09. The SMILES string of the molecule is CCC(Nc1ccc([N+](=O)[O-])c(C#N)c1)c1nccs1. The van der Waals surface area contributed by atoms with Crippen molar-refractivity contribution in [2.45, 2.75) is 19.4 Å². The molecule has 102 valence electrons. The molecular weight excluding hydrogens is 276 g/mol. The van der Waals surface area contributed by atoms with Crippen molar-refractivity contribution in [1.82, 2.24) is 4.98 Å². The normalized spacial score (nSPS) is 11.6. The summed E-state index contributed by atoms with van der Waals surface area (Å²) in [7, 11) is 0. The fourth-order valence-corrected chi connectivity index (χ4v) is 2.59. The fourth-order valence-electron chi connectivity index (χ4n) is 1.82. The first-order chi connectivity index (χ1) is 9.65. The lowest BCUT2D eigenvalue weighted by atomic mass is 10.1. The minimum atomic E-state index is -0.555. The van der Waals surface area contributed by atoms with Gasteiger partial charge in [-0.25, -0.2) is 4.98 Å². The van der Waals surface area contributed by atoms with Gasteiger partial charge in [0.15, 0.2) is 0 Å². The predicted molar refractivity (Wildman–Crippen MR) is 76.6 cm³/mol. The molecule has 6 nitrogen and oxygen atoms in total. The Labute approximate surface area is 119 Å². The smallest absolute Gasteiger partial charge is 0.287 e. The molecule has 0 aliphatic carbocycles. The van der Waals surface area contributed by atoms with E-state index in [9.17, 15) is 10.1 Å². The van der Waals surface area contributed by atoms with Gasteiger partial charge in [-0.3, -0.25) is 10.1 Å². The number of nitro groups is 1. The molecule has 0 bridgehead atoms. The Morgan fingerprint density at radius 1 is 1.60 bits per heavy atom. The molecule has 1 aromatic carbocycles. The van der Waals surface area contributed by atoms with Crippen molar-refractivity contribution >= 4 is 22.7 Å². The highest BCUT2D eigenvalue weighted by Gasteiger charge is 2.16. The molecule has 0 spiro atoms. The van der Waals surface area contributed by atoms with Gasteiger partial charge in [-0.1, -0.05) is 6.92 Å². The van der Waals surface area contributed by atoms with E-state index in [1.54, 1.807) is 23.6 Å². The molecule has 0 amide bonds. The Balaban J connectivity index is 2.26. The van der Waals surface area contributed by atoms with E-state index < -0.39 is 4.92 Å². The number of hydrogen-bond acceptors (Lipinski definition) is 6. The number of rotatable bonds is 5. The molecule has 0 aliphatic heterocycles. The van der Waals surface area contributed by atoms with Gasteiger partial charge in [0.25, 0.3) is 5.69 Å². The number of benzene rings is 1. The summed E-state index contributed by atoms with van der Waals surface area (Å²) in [6.07, 6.45) is 2.56. The molecule has 1 atom stereocenters. The summed E-state index contributed by atoms with van der Waals surface area (Å²) in [5.74, 6) is 0. The second-order valence-electron chi connectivity index (χ2n) is 4.08. The van der Waals surface area contributed by atoms with Crippen LogP contribution in [0.4, 0.5) is 11.4 Å². The first-order valence-corrected chi connectivity index (χ1v) is 6.88. The Morgan fingerprint density at radius 3 is 2.95 bits per heavy atom. The highest BCUT2D eigenvalue weighted by Crippen LogP contribution is 2.27. The summed E-state index contributed by atoms with van der Waals surface area (Å²) < 4.78 is 0. The van der Waals surface area contributed by atoms with Crippen LogP contribution in [0.15, 0.2) is 29.8 Å². The van der Waals surface area contributed by atoms with Crippen LogP contribution in [0.2, 0.25) is 0 Å². The number of nitrogens with one attached hydrogen (secondary N) is 1. The zero-order valence-electron chi connectivity index (χ0n) is 10.7. The third kappa shape index (κ3) is 2.92. The summed E-state index contributed by atoms with van der Waals surface area (Å²) in [5, 5.41) is 25.9. The maximum Gasteiger partial charge on any atom is 0.287 e. The Morgan fingerprint density at radius 2 is 2.40 bits per heavy atom. The van der Waals surface area contributed by atoms with Gasteiger partial charge in [0.2, 0.25) is 0 Å². The maximum atomic E-state index is 10.8. The van der Waals surface area contributed by atoms with Crippen LogP contribution >= 0.6 is 11.3 Å². The standard InChI is InChI=1S/C13H12N4O2S/c1-2-11(13-15-5-6-20-13)16-10-3-4-12(17(18)19)9(7-10)8-14/h3-7,11,16H,2H2,1H3. The molecule has 2 rings (SSSR count). The van der Waals surface area contributed by atoms with Gasteiger partial charge in [-0.2, -0.15) is 5.26 Å². The third-order valence-corrected chi connectivity index (χ3v) is 3.70. The molecule has 1 N–H and O–H groups in total. The lowest BCUT2D eigenvalue weighted by molar-refractivity contribution is -0.385. The van der Waals surface area contributed by atoms with E-state index in [2.05, 4.69) is 10.3 Å². The predicted octanol–water partition coefficient (Wildman–Crippen LogP) is 3.49. The van der Waals surface area contributed by atoms with E-state index in [4.69, 9.17) is 5.26 Å². The van der Waals surface area contributed by atoms with Crippen molar-refractivity contribution in [3.63, 3.8) is 0 Å². The quantitative estimate of drug-likeness (QED) is 0.671. The fraction of sp³-hybridized carbons (Fsp3) is 0.231. The van der Waals surface area contributed by atoms with Crippen LogP contribution in [0.25, 0.3) is 0 Å². The van der Waals surface area contributed by atoms with Gasteiger partial charge in [0.05, 0.1) is 11.0 Å². The third-order valence-electron chi connectivity index (χ3n) is 2.81. The van der Waals surface area contributed by atoms with E-state index in [1.807, 2.05) is 18.4 Å². The van der Waals surface area contributed by atoms with Crippen LogP contribution in [0, 0.1) is 21.4 Å². The Kier molecular flexibility index (Phi) is 4.27. The molecule has 0 saturated carbocycles. The van der Waals surface area contributed by atoms with Crippen LogP contribution in [0.5, 0.6) is 0 Å². The van der Waals surface area contributed by atoms with Gasteiger partial charge in [0.1, 0.15) is 16.6 Å². The number of nitriles is 1. The molecular formula is C13H12N4O2S. The number of thiazole rings is 1. The van der Waals surface area contributed by atoms with Crippen molar-refractivity contribution in [1.29, 1.82) is 5.26 Å². The number of hydrogen-bond donors (Lipinski definition) is 1. The van der Waals surface area contributed by atoms with Gasteiger partial charge in [-0.05, 0) is 18.6 Å². The van der Waals surface area contributed by atoms with Crippen molar-refractivity contribution in [2.24, 2.45) is 0 Å². The maximum absolute atomic E-state index is 10.8. The van der Waals surface area contributed by atoms with Crippen molar-refractivity contribution < 1.29 is 4.92 Å². The number of nitro benzene ring substituents is 1. The summed E-state index contributed by atoms with van der Waals surface area (Å²) in [6, 6.07) is 6.32. The van der Waals surface area contributed by atoms with Crippen LogP contribution in [0.1, 0.15) is 30.0 Å². The molecule has 1 unspecified atom stereocenters. The second kappa shape index (κ2) is 6.12. The molecule has 20 heavy (non-hydrogen) atoms. The van der Waals surface area contributed by atoms with Gasteiger partial charge >= 0.3 is 0 Å². The summed E-state index contributed by atoms with van der Waals surface area (Å²) in [4.78, 5) is 14.5. The second-order valence-corrected chi connectivity index (χ2v) is 5.00. The molecule has 7 heteroatoms. The van der Waals surface area contributed by atoms with Crippen LogP contribution in [-0.4, -0.2) is 9.91 Å². The largest absolute Gasteiger partial charge is 0.376 e. The number of anilines is 1. The molecule has 0 fully saturated rings. The molecule has 1 heterocycles. The van der Waals surface area contributed by atoms with Gasteiger partial charge in [-0.15, -0.1) is 11.3 Å². The molecule has 1 aromatic heterocycles. The van der Waals surface area contributed by atoms with Gasteiger partial charge < -0.3 is 5.32 Å². The van der Waals surface area contributed by atoms with Crippen LogP contribution < -0.4 is 5.32 Å². The molecule has 2 aromatic rings. The zero-order chi connectivity index (χ0) is 14.5. The van der Waals surface area contributed by atoms with Crippen LogP contribution in [-0.2, 0) is 0 Å². The van der Waals surface area contributed by atoms with Crippen molar-refractivity contribution in [2.75, 3.05) is 5.32 Å². The highest BCUT2D eigenvalue weighted by atomic mass is 32.1. The van der Waals surface area contributed by atoms with E-state index in [-0.39, 0.29) is 17.3 Å². The van der Waals surface area contributed by atoms with Crippen LogP contribution in [0.3, 0.4) is 0 Å². The topological polar surface area (TPSA) is 91.9 Å². The van der Waals surface area contributed by atoms with E-state index in [1.165, 1.54) is 12.1 Å². The molecule has 0 saturated heterocycles. The van der Waals surface area contributed by atoms with E-state index in [0.717, 1.165) is 11.4 Å². The van der Waals surface area contributed by atoms with E-state index in [0.29, 0.717) is 5.69 Å².